The quantitative estimate of drug-likeness (QED) is 0.845. The second-order valence-electron chi connectivity index (χ2n) is 5.21. The van der Waals surface area contributed by atoms with Crippen LogP contribution >= 0.6 is 0 Å². The number of urea groups is 1. The number of carbonyl (C=O) groups excluding carboxylic acids is 2. The summed E-state index contributed by atoms with van der Waals surface area (Å²) in [7, 11) is 0. The second-order valence-corrected chi connectivity index (χ2v) is 5.21. The number of hydrogen-bond acceptors (Lipinski definition) is 2. The number of benzene rings is 1. The lowest BCUT2D eigenvalue weighted by molar-refractivity contribution is -0.116. The maximum Gasteiger partial charge on any atom is 0.315 e. The number of carbonyl (C=O) groups is 2. The van der Waals surface area contributed by atoms with Crippen LogP contribution in [-0.4, -0.2) is 31.1 Å². The number of para-hydroxylation sites is 1. The molecule has 0 spiro atoms. The van der Waals surface area contributed by atoms with Crippen molar-refractivity contribution in [3.05, 3.63) is 29.8 Å². The van der Waals surface area contributed by atoms with Crippen molar-refractivity contribution in [3.63, 3.8) is 0 Å². The summed E-state index contributed by atoms with van der Waals surface area (Å²) >= 11 is 0. The van der Waals surface area contributed by atoms with Crippen LogP contribution in [0.3, 0.4) is 0 Å². The van der Waals surface area contributed by atoms with Crippen molar-refractivity contribution in [2.24, 2.45) is 0 Å². The molecule has 21 heavy (non-hydrogen) atoms. The first-order chi connectivity index (χ1) is 9.95. The molecule has 0 unspecified atom stereocenters. The minimum Gasteiger partial charge on any atom is -0.336 e. The molecule has 3 amide bonds. The molecule has 0 aliphatic rings. The third-order valence-corrected chi connectivity index (χ3v) is 3.08. The van der Waals surface area contributed by atoms with Crippen LogP contribution in [0.15, 0.2) is 24.3 Å². The van der Waals surface area contributed by atoms with E-state index in [0.29, 0.717) is 13.1 Å². The van der Waals surface area contributed by atoms with Crippen molar-refractivity contribution in [1.29, 1.82) is 0 Å². The molecule has 1 rings (SSSR count). The largest absolute Gasteiger partial charge is 0.336 e. The highest BCUT2D eigenvalue weighted by Crippen LogP contribution is 2.20. The van der Waals surface area contributed by atoms with Gasteiger partial charge in [0.15, 0.2) is 0 Å². The van der Waals surface area contributed by atoms with Gasteiger partial charge in [0.2, 0.25) is 5.91 Å². The Hall–Kier alpha value is -2.04. The van der Waals surface area contributed by atoms with Crippen LogP contribution in [0.2, 0.25) is 0 Å². The summed E-state index contributed by atoms with van der Waals surface area (Å²) in [6, 6.07) is 7.73. The van der Waals surface area contributed by atoms with E-state index in [4.69, 9.17) is 0 Å². The predicted molar refractivity (Wildman–Crippen MR) is 85.5 cm³/mol. The van der Waals surface area contributed by atoms with Gasteiger partial charge in [0, 0.05) is 31.7 Å². The Morgan fingerprint density at radius 1 is 1.24 bits per heavy atom. The molecule has 1 aromatic rings. The predicted octanol–water partition coefficient (Wildman–Crippen LogP) is 2.31. The number of rotatable bonds is 6. The first-order valence-corrected chi connectivity index (χ1v) is 7.36. The highest BCUT2D eigenvalue weighted by atomic mass is 16.2. The fraction of sp³-hybridized carbons (Fsp3) is 0.500. The van der Waals surface area contributed by atoms with Gasteiger partial charge in [-0.15, -0.1) is 0 Å². The maximum absolute atomic E-state index is 11.9. The van der Waals surface area contributed by atoms with Crippen molar-refractivity contribution in [2.75, 3.05) is 18.0 Å². The van der Waals surface area contributed by atoms with Gasteiger partial charge in [-0.3, -0.25) is 4.79 Å². The lowest BCUT2D eigenvalue weighted by atomic mass is 10.1. The van der Waals surface area contributed by atoms with Crippen LogP contribution in [0.25, 0.3) is 0 Å². The molecule has 2 N–H and O–H groups in total. The summed E-state index contributed by atoms with van der Waals surface area (Å²) in [6.07, 6.45) is 0.862. The molecule has 0 aromatic heterocycles. The number of nitrogens with one attached hydrogen (secondary N) is 2. The lowest BCUT2D eigenvalue weighted by Crippen LogP contribution is -2.43. The Labute approximate surface area is 126 Å². The number of anilines is 1. The molecule has 0 atom stereocenters. The van der Waals surface area contributed by atoms with Crippen molar-refractivity contribution < 1.29 is 9.59 Å². The number of aryl methyl sites for hydroxylation is 1. The van der Waals surface area contributed by atoms with E-state index in [-0.39, 0.29) is 18.0 Å². The Morgan fingerprint density at radius 2 is 1.90 bits per heavy atom. The van der Waals surface area contributed by atoms with Crippen LogP contribution in [0, 0.1) is 0 Å². The fourth-order valence-electron chi connectivity index (χ4n) is 2.12. The third kappa shape index (κ3) is 5.45. The van der Waals surface area contributed by atoms with Crippen molar-refractivity contribution >= 4 is 17.6 Å². The Balaban J connectivity index is 2.67. The summed E-state index contributed by atoms with van der Waals surface area (Å²) in [5, 5.41) is 5.52. The summed E-state index contributed by atoms with van der Waals surface area (Å²) in [5.41, 5.74) is 2.04. The minimum absolute atomic E-state index is 0.0260. The molecule has 0 radical (unpaired) electrons. The van der Waals surface area contributed by atoms with E-state index in [9.17, 15) is 9.59 Å². The molecule has 0 fully saturated rings. The second kappa shape index (κ2) is 8.29. The highest BCUT2D eigenvalue weighted by molar-refractivity contribution is 5.92. The highest BCUT2D eigenvalue weighted by Gasteiger charge is 2.14. The van der Waals surface area contributed by atoms with Gasteiger partial charge in [0.25, 0.3) is 0 Å². The van der Waals surface area contributed by atoms with E-state index in [1.165, 1.54) is 0 Å². The van der Waals surface area contributed by atoms with Gasteiger partial charge in [-0.1, -0.05) is 25.1 Å². The molecule has 116 valence electrons. The zero-order chi connectivity index (χ0) is 15.8. The van der Waals surface area contributed by atoms with Gasteiger partial charge in [0.1, 0.15) is 0 Å². The normalized spacial score (nSPS) is 10.3. The van der Waals surface area contributed by atoms with E-state index in [1.807, 2.05) is 38.1 Å². The molecule has 0 aliphatic carbocycles. The molecule has 5 nitrogen and oxygen atoms in total. The summed E-state index contributed by atoms with van der Waals surface area (Å²) < 4.78 is 0. The van der Waals surface area contributed by atoms with E-state index in [1.54, 1.807) is 11.8 Å². The zero-order valence-electron chi connectivity index (χ0n) is 13.3. The topological polar surface area (TPSA) is 61.4 Å². The van der Waals surface area contributed by atoms with Gasteiger partial charge in [-0.25, -0.2) is 4.79 Å². The Kier molecular flexibility index (Phi) is 6.72. The van der Waals surface area contributed by atoms with Crippen LogP contribution in [0.1, 0.15) is 33.3 Å². The SMILES string of the molecule is CCc1ccccc1N(CCNC(=O)NC(C)C)C(C)=O. The van der Waals surface area contributed by atoms with Gasteiger partial charge in [-0.2, -0.15) is 0 Å². The third-order valence-electron chi connectivity index (χ3n) is 3.08. The molecule has 0 bridgehead atoms. The number of hydrogen-bond donors (Lipinski definition) is 2. The zero-order valence-corrected chi connectivity index (χ0v) is 13.3. The summed E-state index contributed by atoms with van der Waals surface area (Å²) in [4.78, 5) is 25.1. The molecular formula is C16H25N3O2. The van der Waals surface area contributed by atoms with Crippen molar-refractivity contribution in [1.82, 2.24) is 10.6 Å². The average Bonchev–Trinajstić information content (AvgIpc) is 2.42. The average molecular weight is 291 g/mol. The minimum atomic E-state index is -0.211. The van der Waals surface area contributed by atoms with Gasteiger partial charge < -0.3 is 15.5 Å². The standard InChI is InChI=1S/C16H25N3O2/c1-5-14-8-6-7-9-15(14)19(13(4)20)11-10-17-16(21)18-12(2)3/h6-9,12H,5,10-11H2,1-4H3,(H2,17,18,21). The van der Waals surface area contributed by atoms with Crippen LogP contribution in [0.5, 0.6) is 0 Å². The monoisotopic (exact) mass is 291 g/mol. The summed E-state index contributed by atoms with van der Waals surface area (Å²) in [5.74, 6) is -0.0260. The maximum atomic E-state index is 11.9. The smallest absolute Gasteiger partial charge is 0.315 e. The molecule has 1 aromatic carbocycles. The van der Waals surface area contributed by atoms with Crippen LogP contribution in [0.4, 0.5) is 10.5 Å². The summed E-state index contributed by atoms with van der Waals surface area (Å²) in [6.45, 7) is 8.28. The molecule has 0 saturated carbocycles. The van der Waals surface area contributed by atoms with Gasteiger partial charge in [-0.05, 0) is 31.9 Å². The molecular weight excluding hydrogens is 266 g/mol. The lowest BCUT2D eigenvalue weighted by Gasteiger charge is -2.24. The molecule has 5 heteroatoms. The number of amides is 3. The fourth-order valence-corrected chi connectivity index (χ4v) is 2.12. The van der Waals surface area contributed by atoms with Gasteiger partial charge in [0.05, 0.1) is 0 Å². The van der Waals surface area contributed by atoms with Crippen LogP contribution < -0.4 is 15.5 Å². The van der Waals surface area contributed by atoms with E-state index in [0.717, 1.165) is 17.7 Å². The van der Waals surface area contributed by atoms with Crippen molar-refractivity contribution in [2.45, 2.75) is 40.2 Å². The van der Waals surface area contributed by atoms with E-state index in [2.05, 4.69) is 17.6 Å². The Bertz CT molecular complexity index is 486. The Morgan fingerprint density at radius 3 is 2.48 bits per heavy atom. The van der Waals surface area contributed by atoms with E-state index < -0.39 is 0 Å². The molecule has 0 aliphatic heterocycles. The molecule has 0 heterocycles. The first-order valence-electron chi connectivity index (χ1n) is 7.36. The number of nitrogens with zero attached hydrogens (tertiary/aromatic N) is 1. The van der Waals surface area contributed by atoms with Crippen molar-refractivity contribution in [3.8, 4) is 0 Å². The molecule has 0 saturated heterocycles. The van der Waals surface area contributed by atoms with Gasteiger partial charge >= 0.3 is 6.03 Å². The van der Waals surface area contributed by atoms with Crippen LogP contribution in [-0.2, 0) is 11.2 Å². The first kappa shape index (κ1) is 17.0. The van der Waals surface area contributed by atoms with E-state index >= 15 is 0 Å².